The molecular formula is C19H25N7O2. The van der Waals surface area contributed by atoms with Crippen molar-refractivity contribution < 1.29 is 9.53 Å². The maximum absolute atomic E-state index is 12.6. The molecular weight excluding hydrogens is 358 g/mol. The molecule has 148 valence electrons. The van der Waals surface area contributed by atoms with Crippen LogP contribution in [0.25, 0.3) is 0 Å². The van der Waals surface area contributed by atoms with Crippen molar-refractivity contribution in [1.29, 1.82) is 0 Å². The van der Waals surface area contributed by atoms with Crippen molar-refractivity contribution >= 4 is 5.91 Å². The number of rotatable bonds is 8. The van der Waals surface area contributed by atoms with Gasteiger partial charge in [0, 0.05) is 36.5 Å². The van der Waals surface area contributed by atoms with Crippen LogP contribution >= 0.6 is 0 Å². The highest BCUT2D eigenvalue weighted by molar-refractivity contribution is 5.94. The molecule has 3 aromatic rings. The Bertz CT molecular complexity index is 961. The van der Waals surface area contributed by atoms with Crippen LogP contribution in [0.2, 0.25) is 0 Å². The third kappa shape index (κ3) is 4.19. The smallest absolute Gasteiger partial charge is 0.251 e. The zero-order valence-corrected chi connectivity index (χ0v) is 16.6. The number of hydrogen-bond acceptors (Lipinski definition) is 6. The summed E-state index contributed by atoms with van der Waals surface area (Å²) in [5.41, 5.74) is 3.59. The van der Waals surface area contributed by atoms with Crippen LogP contribution in [-0.2, 0) is 26.2 Å². The van der Waals surface area contributed by atoms with Gasteiger partial charge in [0.05, 0.1) is 5.69 Å². The van der Waals surface area contributed by atoms with E-state index in [0.717, 1.165) is 23.5 Å². The maximum Gasteiger partial charge on any atom is 0.251 e. The predicted octanol–water partition coefficient (Wildman–Crippen LogP) is 2.04. The summed E-state index contributed by atoms with van der Waals surface area (Å²) >= 11 is 0. The summed E-state index contributed by atoms with van der Waals surface area (Å²) in [7, 11) is 0. The van der Waals surface area contributed by atoms with Gasteiger partial charge in [0.2, 0.25) is 0 Å². The average molecular weight is 383 g/mol. The molecule has 9 heteroatoms. The number of amides is 1. The Hall–Kier alpha value is -3.23. The number of tetrazole rings is 1. The zero-order chi connectivity index (χ0) is 20.1. The molecule has 0 aliphatic carbocycles. The second-order valence-electron chi connectivity index (χ2n) is 6.38. The van der Waals surface area contributed by atoms with Crippen LogP contribution in [0.1, 0.15) is 47.0 Å². The lowest BCUT2D eigenvalue weighted by molar-refractivity contribution is 0.0950. The fourth-order valence-electron chi connectivity index (χ4n) is 3.02. The molecule has 1 N–H and O–H groups in total. The van der Waals surface area contributed by atoms with Crippen molar-refractivity contribution in [1.82, 2.24) is 35.3 Å². The molecule has 0 unspecified atom stereocenters. The van der Waals surface area contributed by atoms with E-state index < -0.39 is 0 Å². The molecule has 0 radical (unpaired) electrons. The minimum atomic E-state index is -0.160. The molecule has 0 atom stereocenters. The van der Waals surface area contributed by atoms with Gasteiger partial charge in [-0.1, -0.05) is 6.07 Å². The minimum absolute atomic E-state index is 0.160. The van der Waals surface area contributed by atoms with Gasteiger partial charge in [-0.05, 0) is 56.3 Å². The van der Waals surface area contributed by atoms with Crippen molar-refractivity contribution in [3.8, 4) is 5.75 Å². The number of nitrogens with zero attached hydrogens (tertiary/aromatic N) is 6. The average Bonchev–Trinajstić information content (AvgIpc) is 3.28. The lowest BCUT2D eigenvalue weighted by atomic mass is 10.1. The molecule has 28 heavy (non-hydrogen) atoms. The largest absolute Gasteiger partial charge is 0.486 e. The SMILES string of the molecule is CCn1nnnc1COc1cccc(C(=O)NCc2c(C)nn(CC)c2C)c1. The van der Waals surface area contributed by atoms with Gasteiger partial charge in [-0.2, -0.15) is 5.10 Å². The monoisotopic (exact) mass is 383 g/mol. The van der Waals surface area contributed by atoms with Gasteiger partial charge in [-0.15, -0.1) is 5.10 Å². The first-order valence-corrected chi connectivity index (χ1v) is 9.32. The maximum atomic E-state index is 12.6. The fourth-order valence-corrected chi connectivity index (χ4v) is 3.02. The number of aryl methyl sites for hydroxylation is 3. The van der Waals surface area contributed by atoms with Crippen LogP contribution < -0.4 is 10.1 Å². The van der Waals surface area contributed by atoms with Crippen LogP contribution in [-0.4, -0.2) is 35.9 Å². The summed E-state index contributed by atoms with van der Waals surface area (Å²) < 4.78 is 9.35. The zero-order valence-electron chi connectivity index (χ0n) is 16.6. The summed E-state index contributed by atoms with van der Waals surface area (Å²) in [6.07, 6.45) is 0. The number of benzene rings is 1. The highest BCUT2D eigenvalue weighted by atomic mass is 16.5. The summed E-state index contributed by atoms with van der Waals surface area (Å²) in [6.45, 7) is 10.1. The van der Waals surface area contributed by atoms with Gasteiger partial charge in [0.25, 0.3) is 5.91 Å². The van der Waals surface area contributed by atoms with Gasteiger partial charge in [0.15, 0.2) is 5.82 Å². The standard InChI is InChI=1S/C19H25N7O2/c1-5-25-14(4)17(13(3)22-25)11-20-19(27)15-8-7-9-16(10-15)28-12-18-21-23-24-26(18)6-2/h7-10H,5-6,11-12H2,1-4H3,(H,20,27). The molecule has 0 saturated heterocycles. The van der Waals surface area contributed by atoms with E-state index in [1.54, 1.807) is 28.9 Å². The van der Waals surface area contributed by atoms with E-state index in [-0.39, 0.29) is 12.5 Å². The number of ether oxygens (including phenoxy) is 1. The van der Waals surface area contributed by atoms with E-state index in [2.05, 4.69) is 25.9 Å². The number of nitrogens with one attached hydrogen (secondary N) is 1. The molecule has 9 nitrogen and oxygen atoms in total. The first-order valence-electron chi connectivity index (χ1n) is 9.32. The van der Waals surface area contributed by atoms with Crippen LogP contribution in [0.3, 0.4) is 0 Å². The van der Waals surface area contributed by atoms with Crippen LogP contribution in [0.15, 0.2) is 24.3 Å². The van der Waals surface area contributed by atoms with E-state index in [4.69, 9.17) is 4.74 Å². The topological polar surface area (TPSA) is 99.8 Å². The van der Waals surface area contributed by atoms with Crippen LogP contribution in [0.4, 0.5) is 0 Å². The molecule has 1 aromatic carbocycles. The number of carbonyl (C=O) groups excluding carboxylic acids is 1. The molecule has 2 aromatic heterocycles. The number of carbonyl (C=O) groups is 1. The first kappa shape index (κ1) is 19.5. The molecule has 0 spiro atoms. The summed E-state index contributed by atoms with van der Waals surface area (Å²) in [5.74, 6) is 1.06. The number of hydrogen-bond donors (Lipinski definition) is 1. The summed E-state index contributed by atoms with van der Waals surface area (Å²) in [6, 6.07) is 7.06. The van der Waals surface area contributed by atoms with E-state index in [9.17, 15) is 4.79 Å². The van der Waals surface area contributed by atoms with Gasteiger partial charge in [0.1, 0.15) is 12.4 Å². The Kier molecular flexibility index (Phi) is 6.03. The van der Waals surface area contributed by atoms with E-state index >= 15 is 0 Å². The molecule has 3 rings (SSSR count). The van der Waals surface area contributed by atoms with E-state index in [1.165, 1.54) is 0 Å². The molecule has 2 heterocycles. The molecule has 0 aliphatic heterocycles. The second kappa shape index (κ2) is 8.64. The van der Waals surface area contributed by atoms with Crippen molar-refractivity contribution in [2.75, 3.05) is 0 Å². The lowest BCUT2D eigenvalue weighted by Gasteiger charge is -2.09. The first-order chi connectivity index (χ1) is 13.5. The second-order valence-corrected chi connectivity index (χ2v) is 6.38. The highest BCUT2D eigenvalue weighted by Crippen LogP contribution is 2.16. The predicted molar refractivity (Wildman–Crippen MR) is 103 cm³/mol. The van der Waals surface area contributed by atoms with Crippen molar-refractivity contribution in [2.24, 2.45) is 0 Å². The Morgan fingerprint density at radius 2 is 1.96 bits per heavy atom. The highest BCUT2D eigenvalue weighted by Gasteiger charge is 2.13. The normalized spacial score (nSPS) is 10.9. The third-order valence-electron chi connectivity index (χ3n) is 4.63. The number of aromatic nitrogens is 6. The summed E-state index contributed by atoms with van der Waals surface area (Å²) in [5, 5.41) is 18.9. The minimum Gasteiger partial charge on any atom is -0.486 e. The van der Waals surface area contributed by atoms with Gasteiger partial charge >= 0.3 is 0 Å². The van der Waals surface area contributed by atoms with Crippen LogP contribution in [0.5, 0.6) is 5.75 Å². The molecule has 0 aliphatic rings. The van der Waals surface area contributed by atoms with Crippen molar-refractivity contribution in [2.45, 2.75) is 53.9 Å². The molecule has 1 amide bonds. The van der Waals surface area contributed by atoms with Gasteiger partial charge in [-0.3, -0.25) is 9.48 Å². The van der Waals surface area contributed by atoms with E-state index in [0.29, 0.717) is 30.2 Å². The Balaban J connectivity index is 1.63. The quantitative estimate of drug-likeness (QED) is 0.639. The van der Waals surface area contributed by atoms with Crippen LogP contribution in [0, 0.1) is 13.8 Å². The Morgan fingerprint density at radius 3 is 2.68 bits per heavy atom. The molecule has 0 bridgehead atoms. The van der Waals surface area contributed by atoms with Gasteiger partial charge in [-0.25, -0.2) is 4.68 Å². The summed E-state index contributed by atoms with van der Waals surface area (Å²) in [4.78, 5) is 12.6. The lowest BCUT2D eigenvalue weighted by Crippen LogP contribution is -2.23. The van der Waals surface area contributed by atoms with E-state index in [1.807, 2.05) is 32.4 Å². The third-order valence-corrected chi connectivity index (χ3v) is 4.63. The molecule has 0 fully saturated rings. The Morgan fingerprint density at radius 1 is 1.18 bits per heavy atom. The fraction of sp³-hybridized carbons (Fsp3) is 0.421. The van der Waals surface area contributed by atoms with Gasteiger partial charge < -0.3 is 10.1 Å². The molecule has 0 saturated carbocycles. The Labute approximate surface area is 163 Å². The van der Waals surface area contributed by atoms with Crippen molar-refractivity contribution in [3.63, 3.8) is 0 Å². The van der Waals surface area contributed by atoms with Crippen molar-refractivity contribution in [3.05, 3.63) is 52.6 Å².